The average Bonchev–Trinajstić information content (AvgIpc) is 2.97. The van der Waals surface area contributed by atoms with Crippen LogP contribution in [0.4, 0.5) is 0 Å². The van der Waals surface area contributed by atoms with Crippen LogP contribution in [0.15, 0.2) is 44.2 Å². The molecular weight excluding hydrogens is 328 g/mol. The Bertz CT molecular complexity index is 974. The lowest BCUT2D eigenvalue weighted by molar-refractivity contribution is -0.162. The van der Waals surface area contributed by atoms with E-state index in [1.54, 1.807) is 12.1 Å². The molecule has 0 radical (unpaired) electrons. The predicted octanol–water partition coefficient (Wildman–Crippen LogP) is 2.62. The second-order valence-corrected chi connectivity index (χ2v) is 6.28. The highest BCUT2D eigenvalue weighted by atomic mass is 16.6. The molecule has 1 aromatic carbocycles. The Morgan fingerprint density at radius 2 is 1.96 bits per heavy atom. The smallest absolute Gasteiger partial charge is 0.336 e. The first kappa shape index (κ1) is 17.0. The summed E-state index contributed by atoms with van der Waals surface area (Å²) in [5.41, 5.74) is -1.21. The van der Waals surface area contributed by atoms with Crippen LogP contribution in [-0.2, 0) is 9.53 Å². The van der Waals surface area contributed by atoms with Gasteiger partial charge in [0.2, 0.25) is 5.75 Å². The Morgan fingerprint density at radius 3 is 2.64 bits per heavy atom. The molecule has 0 aliphatic carbocycles. The summed E-state index contributed by atoms with van der Waals surface area (Å²) in [6, 6.07) is 6.51. The van der Waals surface area contributed by atoms with Gasteiger partial charge in [0.1, 0.15) is 6.61 Å². The van der Waals surface area contributed by atoms with Gasteiger partial charge in [-0.2, -0.15) is 0 Å². The van der Waals surface area contributed by atoms with Gasteiger partial charge in [-0.3, -0.25) is 4.79 Å². The summed E-state index contributed by atoms with van der Waals surface area (Å²) in [5, 5.41) is 11.6. The van der Waals surface area contributed by atoms with E-state index < -0.39 is 23.3 Å². The highest BCUT2D eigenvalue weighted by Crippen LogP contribution is 2.35. The van der Waals surface area contributed by atoms with Crippen LogP contribution in [0.3, 0.4) is 0 Å². The fourth-order valence-electron chi connectivity index (χ4n) is 2.48. The number of benzene rings is 1. The van der Waals surface area contributed by atoms with Crippen molar-refractivity contribution in [3.05, 3.63) is 40.9 Å². The monoisotopic (exact) mass is 346 g/mol. The van der Waals surface area contributed by atoms with Gasteiger partial charge in [0.15, 0.2) is 17.3 Å². The van der Waals surface area contributed by atoms with Crippen molar-refractivity contribution in [2.45, 2.75) is 32.5 Å². The zero-order valence-electron chi connectivity index (χ0n) is 14.1. The summed E-state index contributed by atoms with van der Waals surface area (Å²) >= 11 is 0. The molecule has 7 heteroatoms. The molecule has 0 saturated heterocycles. The SMILES string of the molecule is CC(=O)O[C@H](COc1c2occc2cc2ccc(=O)oc12)C(C)(C)O. The van der Waals surface area contributed by atoms with E-state index in [0.29, 0.717) is 11.0 Å². The Kier molecular flexibility index (Phi) is 4.26. The van der Waals surface area contributed by atoms with E-state index in [1.807, 2.05) is 6.07 Å². The van der Waals surface area contributed by atoms with E-state index in [1.165, 1.54) is 33.1 Å². The van der Waals surface area contributed by atoms with E-state index in [2.05, 4.69) is 0 Å². The number of esters is 1. The number of furan rings is 1. The second kappa shape index (κ2) is 6.25. The van der Waals surface area contributed by atoms with Gasteiger partial charge in [0.05, 0.1) is 11.9 Å². The normalized spacial score (nSPS) is 13.1. The maximum absolute atomic E-state index is 11.6. The molecule has 0 fully saturated rings. The number of hydrogen-bond donors (Lipinski definition) is 1. The molecule has 132 valence electrons. The first-order chi connectivity index (χ1) is 11.8. The number of rotatable bonds is 5. The van der Waals surface area contributed by atoms with Crippen molar-refractivity contribution >= 4 is 27.9 Å². The van der Waals surface area contributed by atoms with Crippen molar-refractivity contribution < 1.29 is 28.2 Å². The molecule has 25 heavy (non-hydrogen) atoms. The minimum Gasteiger partial charge on any atom is -0.482 e. The molecule has 1 N–H and O–H groups in total. The highest BCUT2D eigenvalue weighted by Gasteiger charge is 2.31. The van der Waals surface area contributed by atoms with Gasteiger partial charge < -0.3 is 23.4 Å². The highest BCUT2D eigenvalue weighted by molar-refractivity contribution is 5.99. The predicted molar refractivity (Wildman–Crippen MR) is 89.6 cm³/mol. The van der Waals surface area contributed by atoms with Crippen molar-refractivity contribution in [2.24, 2.45) is 0 Å². The molecule has 3 aromatic rings. The first-order valence-corrected chi connectivity index (χ1v) is 7.72. The van der Waals surface area contributed by atoms with E-state index in [4.69, 9.17) is 18.3 Å². The third kappa shape index (κ3) is 3.51. The fraction of sp³-hybridized carbons (Fsp3) is 0.333. The minimum atomic E-state index is -1.32. The molecule has 7 nitrogen and oxygen atoms in total. The zero-order valence-corrected chi connectivity index (χ0v) is 14.1. The number of carbonyl (C=O) groups excluding carboxylic acids is 1. The van der Waals surface area contributed by atoms with Crippen LogP contribution >= 0.6 is 0 Å². The zero-order chi connectivity index (χ0) is 18.2. The lowest BCUT2D eigenvalue weighted by atomic mass is 10.0. The number of hydrogen-bond acceptors (Lipinski definition) is 7. The van der Waals surface area contributed by atoms with Gasteiger partial charge in [-0.1, -0.05) is 0 Å². The quantitative estimate of drug-likeness (QED) is 0.560. The van der Waals surface area contributed by atoms with E-state index in [9.17, 15) is 14.7 Å². The van der Waals surface area contributed by atoms with Gasteiger partial charge in [0.25, 0.3) is 0 Å². The molecule has 3 rings (SSSR count). The van der Waals surface area contributed by atoms with Crippen LogP contribution in [0.2, 0.25) is 0 Å². The Morgan fingerprint density at radius 1 is 1.24 bits per heavy atom. The van der Waals surface area contributed by atoms with Crippen LogP contribution in [0.1, 0.15) is 20.8 Å². The van der Waals surface area contributed by atoms with Crippen LogP contribution in [-0.4, -0.2) is 29.4 Å². The Hall–Kier alpha value is -2.80. The number of carbonyl (C=O) groups is 1. The number of fused-ring (bicyclic) bond motifs is 2. The van der Waals surface area contributed by atoms with E-state index >= 15 is 0 Å². The molecule has 0 bridgehead atoms. The third-order valence-corrected chi connectivity index (χ3v) is 3.76. The second-order valence-electron chi connectivity index (χ2n) is 6.28. The summed E-state index contributed by atoms with van der Waals surface area (Å²) in [5.74, 6) is -0.320. The van der Waals surface area contributed by atoms with Crippen LogP contribution in [0, 0.1) is 0 Å². The lowest BCUT2D eigenvalue weighted by Gasteiger charge is -2.28. The molecule has 2 heterocycles. The van der Waals surface area contributed by atoms with Gasteiger partial charge in [-0.15, -0.1) is 0 Å². The minimum absolute atomic E-state index is 0.142. The summed E-state index contributed by atoms with van der Waals surface area (Å²) in [6.07, 6.45) is 0.578. The molecule has 0 aliphatic heterocycles. The van der Waals surface area contributed by atoms with Crippen molar-refractivity contribution in [1.82, 2.24) is 0 Å². The molecule has 0 saturated carbocycles. The molecule has 0 amide bonds. The summed E-state index contributed by atoms with van der Waals surface area (Å²) in [6.45, 7) is 4.13. The van der Waals surface area contributed by atoms with Crippen LogP contribution in [0.5, 0.6) is 5.75 Å². The summed E-state index contributed by atoms with van der Waals surface area (Å²) < 4.78 is 21.6. The summed E-state index contributed by atoms with van der Waals surface area (Å²) in [7, 11) is 0. The fourth-order valence-corrected chi connectivity index (χ4v) is 2.48. The molecule has 0 aliphatic rings. The van der Waals surface area contributed by atoms with Gasteiger partial charge in [-0.05, 0) is 32.0 Å². The number of ether oxygens (including phenoxy) is 2. The van der Waals surface area contributed by atoms with Crippen molar-refractivity contribution in [3.63, 3.8) is 0 Å². The van der Waals surface area contributed by atoms with Crippen LogP contribution < -0.4 is 10.4 Å². The van der Waals surface area contributed by atoms with Gasteiger partial charge >= 0.3 is 11.6 Å². The topological polar surface area (TPSA) is 99.1 Å². The van der Waals surface area contributed by atoms with Crippen LogP contribution in [0.25, 0.3) is 21.9 Å². The molecule has 0 spiro atoms. The molecule has 0 unspecified atom stereocenters. The average molecular weight is 346 g/mol. The van der Waals surface area contributed by atoms with Crippen molar-refractivity contribution in [3.8, 4) is 5.75 Å². The van der Waals surface area contributed by atoms with E-state index in [-0.39, 0.29) is 17.9 Å². The van der Waals surface area contributed by atoms with E-state index in [0.717, 1.165) is 5.39 Å². The standard InChI is InChI=1S/C18H18O7/c1-10(19)24-13(18(2,3)21)9-23-17-15-12(6-7-22-15)8-11-4-5-14(20)25-16(11)17/h4-8,13,21H,9H2,1-3H3/t13-/m1/s1. The number of aliphatic hydroxyl groups is 1. The Balaban J connectivity index is 2.03. The van der Waals surface area contributed by atoms with Gasteiger partial charge in [0, 0.05) is 23.8 Å². The van der Waals surface area contributed by atoms with Gasteiger partial charge in [-0.25, -0.2) is 4.79 Å². The third-order valence-electron chi connectivity index (χ3n) is 3.76. The Labute approximate surface area is 142 Å². The molecular formula is C18H18O7. The van der Waals surface area contributed by atoms with Crippen molar-refractivity contribution in [2.75, 3.05) is 6.61 Å². The summed E-state index contributed by atoms with van der Waals surface area (Å²) in [4.78, 5) is 22.9. The lowest BCUT2D eigenvalue weighted by Crippen LogP contribution is -2.43. The largest absolute Gasteiger partial charge is 0.482 e. The maximum atomic E-state index is 11.6. The maximum Gasteiger partial charge on any atom is 0.336 e. The van der Waals surface area contributed by atoms with Crippen molar-refractivity contribution in [1.29, 1.82) is 0 Å². The first-order valence-electron chi connectivity index (χ1n) is 7.72. The molecule has 1 atom stereocenters. The molecule has 2 aromatic heterocycles.